The van der Waals surface area contributed by atoms with Gasteiger partial charge in [0.2, 0.25) is 17.7 Å². The number of likely N-dealkylation sites (N-methyl/N-ethyl adjacent to an activating group) is 1. The van der Waals surface area contributed by atoms with Crippen LogP contribution in [0.25, 0.3) is 0 Å². The summed E-state index contributed by atoms with van der Waals surface area (Å²) in [4.78, 5) is 39.5. The molecule has 2 rings (SSSR count). The van der Waals surface area contributed by atoms with Gasteiger partial charge in [-0.2, -0.15) is 0 Å². The Labute approximate surface area is 161 Å². The van der Waals surface area contributed by atoms with Crippen molar-refractivity contribution in [1.82, 2.24) is 9.80 Å². The van der Waals surface area contributed by atoms with E-state index in [2.05, 4.69) is 17.6 Å². The fraction of sp³-hybridized carbons (Fsp3) is 0.550. The molecule has 1 aromatic rings. The summed E-state index contributed by atoms with van der Waals surface area (Å²) < 4.78 is 0. The molecule has 0 aromatic heterocycles. The van der Waals surface area contributed by atoms with Crippen molar-refractivity contribution in [2.24, 2.45) is 5.92 Å². The van der Waals surface area contributed by atoms with Crippen molar-refractivity contribution in [1.29, 1.82) is 0 Å². The maximum absolute atomic E-state index is 12.5. The summed E-state index contributed by atoms with van der Waals surface area (Å²) in [6.07, 6.45) is 2.10. The number of rotatable bonds is 7. The molecular formula is C20H30N4O3. The van der Waals surface area contributed by atoms with Gasteiger partial charge in [-0.15, -0.1) is 0 Å². The molecule has 0 bridgehead atoms. The predicted octanol–water partition coefficient (Wildman–Crippen LogP) is 2.16. The Morgan fingerprint density at radius 3 is 2.11 bits per heavy atom. The third-order valence-corrected chi connectivity index (χ3v) is 4.80. The van der Waals surface area contributed by atoms with Gasteiger partial charge in [0.05, 0.1) is 13.1 Å². The number of benzene rings is 1. The molecule has 1 heterocycles. The molecular weight excluding hydrogens is 344 g/mol. The number of carbonyl (C=O) groups excluding carboxylic acids is 3. The van der Waals surface area contributed by atoms with Gasteiger partial charge in [0.1, 0.15) is 0 Å². The summed E-state index contributed by atoms with van der Waals surface area (Å²) in [5.41, 5.74) is 1.33. The molecule has 0 saturated carbocycles. The van der Waals surface area contributed by atoms with Gasteiger partial charge in [-0.3, -0.25) is 19.3 Å². The minimum atomic E-state index is -0.163. The lowest BCUT2D eigenvalue weighted by Crippen LogP contribution is -2.45. The lowest BCUT2D eigenvalue weighted by Gasteiger charge is -2.32. The maximum atomic E-state index is 12.5. The Kier molecular flexibility index (Phi) is 7.79. The number of nitrogens with one attached hydrogen (secondary N) is 2. The van der Waals surface area contributed by atoms with Crippen LogP contribution in [0.3, 0.4) is 0 Å². The zero-order valence-electron chi connectivity index (χ0n) is 16.5. The number of likely N-dealkylation sites (tertiary alicyclic amines) is 1. The fourth-order valence-electron chi connectivity index (χ4n) is 3.07. The topological polar surface area (TPSA) is 81.8 Å². The van der Waals surface area contributed by atoms with Gasteiger partial charge < -0.3 is 15.5 Å². The highest BCUT2D eigenvalue weighted by atomic mass is 16.2. The van der Waals surface area contributed by atoms with E-state index in [9.17, 15) is 14.4 Å². The zero-order chi connectivity index (χ0) is 19.8. The second-order valence-corrected chi connectivity index (χ2v) is 7.17. The molecule has 0 atom stereocenters. The van der Waals surface area contributed by atoms with Crippen molar-refractivity contribution in [2.75, 3.05) is 43.4 Å². The normalized spacial score (nSPS) is 14.9. The number of hydrogen-bond donors (Lipinski definition) is 2. The van der Waals surface area contributed by atoms with E-state index in [1.54, 1.807) is 24.3 Å². The van der Waals surface area contributed by atoms with Crippen molar-refractivity contribution >= 4 is 29.1 Å². The molecule has 7 heteroatoms. The minimum absolute atomic E-state index is 0.0937. The molecule has 1 aliphatic rings. The van der Waals surface area contributed by atoms with E-state index in [-0.39, 0.29) is 30.8 Å². The number of anilines is 2. The molecule has 27 heavy (non-hydrogen) atoms. The van der Waals surface area contributed by atoms with Gasteiger partial charge in [0, 0.05) is 31.4 Å². The first kappa shape index (κ1) is 20.9. The molecule has 148 valence electrons. The van der Waals surface area contributed by atoms with Crippen LogP contribution in [0.1, 0.15) is 33.6 Å². The minimum Gasteiger partial charge on any atom is -0.342 e. The Balaban J connectivity index is 1.81. The van der Waals surface area contributed by atoms with Crippen LogP contribution < -0.4 is 10.6 Å². The molecule has 0 unspecified atom stereocenters. The lowest BCUT2D eigenvalue weighted by molar-refractivity contribution is -0.134. The first-order valence-electron chi connectivity index (χ1n) is 9.55. The van der Waals surface area contributed by atoms with E-state index < -0.39 is 0 Å². The summed E-state index contributed by atoms with van der Waals surface area (Å²) in [6, 6.07) is 6.93. The van der Waals surface area contributed by atoms with E-state index >= 15 is 0 Å². The summed E-state index contributed by atoms with van der Waals surface area (Å²) in [5, 5.41) is 5.51. The van der Waals surface area contributed by atoms with Crippen LogP contribution in [0.15, 0.2) is 24.3 Å². The van der Waals surface area contributed by atoms with Gasteiger partial charge >= 0.3 is 0 Å². The zero-order valence-corrected chi connectivity index (χ0v) is 16.5. The molecule has 1 aromatic carbocycles. The second kappa shape index (κ2) is 10.1. The second-order valence-electron chi connectivity index (χ2n) is 7.17. The molecule has 0 radical (unpaired) electrons. The number of hydrogen-bond acceptors (Lipinski definition) is 4. The SMILES string of the molecule is CCN(CC(=O)Nc1ccc(NC(C)=O)cc1)CC(=O)N1CCC(C)CC1. The Hall–Kier alpha value is -2.41. The molecule has 0 spiro atoms. The van der Waals surface area contributed by atoms with Gasteiger partial charge in [0.15, 0.2) is 0 Å². The molecule has 1 saturated heterocycles. The molecule has 3 amide bonds. The standard InChI is InChI=1S/C20H30N4O3/c1-4-23(14-20(27)24-11-9-15(2)10-12-24)13-19(26)22-18-7-5-17(6-8-18)21-16(3)25/h5-8,15H,4,9-14H2,1-3H3,(H,21,25)(H,22,26). The van der Waals surface area contributed by atoms with Gasteiger partial charge in [0.25, 0.3) is 0 Å². The monoisotopic (exact) mass is 374 g/mol. The van der Waals surface area contributed by atoms with Crippen molar-refractivity contribution in [3.05, 3.63) is 24.3 Å². The van der Waals surface area contributed by atoms with Crippen molar-refractivity contribution in [3.8, 4) is 0 Å². The fourth-order valence-corrected chi connectivity index (χ4v) is 3.07. The van der Waals surface area contributed by atoms with Crippen LogP contribution in [-0.2, 0) is 14.4 Å². The summed E-state index contributed by atoms with van der Waals surface area (Å²) >= 11 is 0. The summed E-state index contributed by atoms with van der Waals surface area (Å²) in [7, 11) is 0. The molecule has 2 N–H and O–H groups in total. The summed E-state index contributed by atoms with van der Waals surface area (Å²) in [5.74, 6) is 0.470. The smallest absolute Gasteiger partial charge is 0.238 e. The van der Waals surface area contributed by atoms with E-state index in [0.717, 1.165) is 25.9 Å². The van der Waals surface area contributed by atoms with Gasteiger partial charge in [-0.05, 0) is 49.6 Å². The quantitative estimate of drug-likeness (QED) is 0.766. The van der Waals surface area contributed by atoms with Crippen LogP contribution in [0.4, 0.5) is 11.4 Å². The first-order chi connectivity index (χ1) is 12.9. The van der Waals surface area contributed by atoms with Crippen molar-refractivity contribution in [3.63, 3.8) is 0 Å². The van der Waals surface area contributed by atoms with Crippen LogP contribution in [-0.4, -0.2) is 60.2 Å². The highest BCUT2D eigenvalue weighted by molar-refractivity contribution is 5.93. The highest BCUT2D eigenvalue weighted by Crippen LogP contribution is 2.16. The van der Waals surface area contributed by atoms with Crippen LogP contribution >= 0.6 is 0 Å². The van der Waals surface area contributed by atoms with Gasteiger partial charge in [-0.1, -0.05) is 13.8 Å². The molecule has 7 nitrogen and oxygen atoms in total. The largest absolute Gasteiger partial charge is 0.342 e. The van der Waals surface area contributed by atoms with E-state index in [0.29, 0.717) is 23.8 Å². The van der Waals surface area contributed by atoms with Crippen molar-refractivity contribution < 1.29 is 14.4 Å². The van der Waals surface area contributed by atoms with Crippen LogP contribution in [0.5, 0.6) is 0 Å². The molecule has 1 fully saturated rings. The average molecular weight is 374 g/mol. The van der Waals surface area contributed by atoms with E-state index in [1.165, 1.54) is 6.92 Å². The third kappa shape index (κ3) is 7.02. The average Bonchev–Trinajstić information content (AvgIpc) is 2.62. The maximum Gasteiger partial charge on any atom is 0.238 e. The third-order valence-electron chi connectivity index (χ3n) is 4.80. The number of amides is 3. The lowest BCUT2D eigenvalue weighted by atomic mass is 9.99. The Bertz CT molecular complexity index is 652. The highest BCUT2D eigenvalue weighted by Gasteiger charge is 2.22. The van der Waals surface area contributed by atoms with Crippen molar-refractivity contribution in [2.45, 2.75) is 33.6 Å². The number of nitrogens with zero attached hydrogens (tertiary/aromatic N) is 2. The summed E-state index contributed by atoms with van der Waals surface area (Å²) in [6.45, 7) is 8.29. The van der Waals surface area contributed by atoms with Crippen LogP contribution in [0, 0.1) is 5.92 Å². The Morgan fingerprint density at radius 2 is 1.59 bits per heavy atom. The predicted molar refractivity (Wildman–Crippen MR) is 106 cm³/mol. The molecule has 1 aliphatic heterocycles. The first-order valence-corrected chi connectivity index (χ1v) is 9.55. The van der Waals surface area contributed by atoms with E-state index in [4.69, 9.17) is 0 Å². The van der Waals surface area contributed by atoms with E-state index in [1.807, 2.05) is 16.7 Å². The number of carbonyl (C=O) groups is 3. The molecule has 0 aliphatic carbocycles. The van der Waals surface area contributed by atoms with Crippen LogP contribution in [0.2, 0.25) is 0 Å². The Morgan fingerprint density at radius 1 is 1.04 bits per heavy atom. The van der Waals surface area contributed by atoms with Gasteiger partial charge in [-0.25, -0.2) is 0 Å². The number of piperidine rings is 1.